The third-order valence-electron chi connectivity index (χ3n) is 2.97. The zero-order chi connectivity index (χ0) is 21.1. The number of methoxy groups -OCH3 is 1. The number of ether oxygens (including phenoxy) is 1. The lowest BCUT2D eigenvalue weighted by Gasteiger charge is -2.16. The van der Waals surface area contributed by atoms with Gasteiger partial charge in [-0.05, 0) is 18.8 Å². The van der Waals surface area contributed by atoms with Gasteiger partial charge in [0.05, 0.1) is 12.9 Å². The van der Waals surface area contributed by atoms with Gasteiger partial charge in [0, 0.05) is 20.3 Å². The molecule has 1 rings (SSSR count). The van der Waals surface area contributed by atoms with Crippen LogP contribution in [0.4, 0.5) is 4.79 Å². The Morgan fingerprint density at radius 2 is 1.81 bits per heavy atom. The summed E-state index contributed by atoms with van der Waals surface area (Å²) in [6.07, 6.45) is -0.243. The summed E-state index contributed by atoms with van der Waals surface area (Å²) >= 11 is 10.3. The molecule has 0 saturated heterocycles. The number of hydrogen-bond acceptors (Lipinski definition) is 8. The fourth-order valence-electron chi connectivity index (χ4n) is 1.27. The molecule has 0 N–H and O–H groups in total. The molecule has 0 fully saturated rings. The summed E-state index contributed by atoms with van der Waals surface area (Å²) in [5.74, 6) is 0.380. The van der Waals surface area contributed by atoms with Gasteiger partial charge in [0.25, 0.3) is 6.57 Å². The normalized spacial score (nSPS) is 14.6. The molecule has 0 aliphatic rings. The molecule has 1 aromatic carbocycles. The standard InChI is InChI=1S/C8H11O2PS.C7H14NO4PS2/c1-2-11(9,12)10-8-6-4-3-5-7-8;1-8(7(10)11-2)6(9)5-15-13(4,14)12-3/h3-7H,2H2,1H3,(H,9,12);5H2,1-4H3. The van der Waals surface area contributed by atoms with Gasteiger partial charge in [-0.2, -0.15) is 0 Å². The van der Waals surface area contributed by atoms with Crippen molar-refractivity contribution in [2.45, 2.75) is 6.92 Å². The summed E-state index contributed by atoms with van der Waals surface area (Å²) in [6, 6.07) is 9.07. The van der Waals surface area contributed by atoms with E-state index in [1.165, 1.54) is 32.6 Å². The summed E-state index contributed by atoms with van der Waals surface area (Å²) in [4.78, 5) is 23.3. The molecule has 0 heterocycles. The van der Waals surface area contributed by atoms with Crippen LogP contribution >= 0.6 is 35.7 Å². The van der Waals surface area contributed by atoms with E-state index in [2.05, 4.69) is 17.0 Å². The molecule has 154 valence electrons. The highest BCUT2D eigenvalue weighted by molar-refractivity contribution is 8.69. The smallest absolute Gasteiger partial charge is 0.415 e. The second kappa shape index (κ2) is 12.9. The van der Waals surface area contributed by atoms with Gasteiger partial charge in [-0.25, -0.2) is 9.69 Å². The number of carbonyl (C=O) groups excluding carboxylic acids is 2. The summed E-state index contributed by atoms with van der Waals surface area (Å²) in [5.41, 5.74) is -1.96. The van der Waals surface area contributed by atoms with Gasteiger partial charge in [-0.3, -0.25) is 9.36 Å². The van der Waals surface area contributed by atoms with Crippen LogP contribution in [0.5, 0.6) is 5.75 Å². The van der Waals surface area contributed by atoms with E-state index in [9.17, 15) is 14.2 Å². The maximum atomic E-state index is 11.4. The topological polar surface area (TPSA) is 82.1 Å². The molecule has 12 heteroatoms. The zero-order valence-corrected chi connectivity index (χ0v) is 20.2. The number of thiol groups is 1. The monoisotopic (exact) mass is 473 g/mol. The lowest BCUT2D eigenvalue weighted by molar-refractivity contribution is -0.125. The third-order valence-corrected chi connectivity index (χ3v) is 10.5. The van der Waals surface area contributed by atoms with Crippen LogP contribution in [0.25, 0.3) is 0 Å². The van der Waals surface area contributed by atoms with Crippen molar-refractivity contribution in [1.29, 1.82) is 0 Å². The Morgan fingerprint density at radius 3 is 2.26 bits per heavy atom. The Bertz CT molecular complexity index is 704. The lowest BCUT2D eigenvalue weighted by atomic mass is 10.3. The Kier molecular flexibility index (Phi) is 12.6. The van der Waals surface area contributed by atoms with Crippen molar-refractivity contribution in [3.8, 4) is 5.75 Å². The molecular formula is C15H25NO6P2S3. The van der Waals surface area contributed by atoms with Crippen molar-refractivity contribution in [2.24, 2.45) is 0 Å². The molecular weight excluding hydrogens is 448 g/mol. The van der Waals surface area contributed by atoms with Crippen LogP contribution in [0.1, 0.15) is 6.92 Å². The maximum Gasteiger partial charge on any atom is 0.415 e. The van der Waals surface area contributed by atoms with Crippen molar-refractivity contribution in [1.82, 2.24) is 4.90 Å². The Balaban J connectivity index is 0.000000511. The van der Waals surface area contributed by atoms with Crippen molar-refractivity contribution in [3.63, 3.8) is 0 Å². The van der Waals surface area contributed by atoms with E-state index in [4.69, 9.17) is 20.9 Å². The molecule has 0 aliphatic carbocycles. The largest absolute Gasteiger partial charge is 0.452 e. The van der Waals surface area contributed by atoms with Gasteiger partial charge in [0.15, 0.2) is 0 Å². The summed E-state index contributed by atoms with van der Waals surface area (Å²) in [6.45, 7) is 0.864. The van der Waals surface area contributed by atoms with Crippen LogP contribution in [-0.4, -0.2) is 56.7 Å². The summed E-state index contributed by atoms with van der Waals surface area (Å²) < 4.78 is 26.0. The second-order valence-corrected chi connectivity index (χ2v) is 17.0. The van der Waals surface area contributed by atoms with Crippen molar-refractivity contribution in [3.05, 3.63) is 30.3 Å². The highest BCUT2D eigenvalue weighted by Crippen LogP contribution is 2.55. The third kappa shape index (κ3) is 11.8. The minimum absolute atomic E-state index is 0.118. The average molecular weight is 474 g/mol. The predicted octanol–water partition coefficient (Wildman–Crippen LogP) is 4.74. The minimum atomic E-state index is -2.70. The van der Waals surface area contributed by atoms with Gasteiger partial charge in [-0.15, -0.1) is 0 Å². The van der Waals surface area contributed by atoms with Crippen LogP contribution in [-0.2, 0) is 30.4 Å². The maximum absolute atomic E-state index is 11.4. The number of para-hydroxylation sites is 1. The van der Waals surface area contributed by atoms with E-state index < -0.39 is 18.1 Å². The number of rotatable bonds is 7. The first-order chi connectivity index (χ1) is 12.5. The minimum Gasteiger partial charge on any atom is -0.452 e. The van der Waals surface area contributed by atoms with Gasteiger partial charge in [0.2, 0.25) is 5.91 Å². The van der Waals surface area contributed by atoms with E-state index in [-0.39, 0.29) is 11.7 Å². The number of imide groups is 1. The van der Waals surface area contributed by atoms with E-state index in [0.29, 0.717) is 11.9 Å². The SMILES string of the molecule is CCP(=O)(S)Oc1ccccc1.COC(=O)N(C)C(=O)CSP(C)(=S)OC. The van der Waals surface area contributed by atoms with Crippen LogP contribution in [0.2, 0.25) is 0 Å². The van der Waals surface area contributed by atoms with E-state index >= 15 is 0 Å². The fourth-order valence-corrected chi connectivity index (χ4v) is 4.60. The molecule has 0 saturated carbocycles. The fraction of sp³-hybridized carbons (Fsp3) is 0.467. The summed E-state index contributed by atoms with van der Waals surface area (Å²) in [7, 11) is 4.10. The van der Waals surface area contributed by atoms with Gasteiger partial charge >= 0.3 is 6.09 Å². The Labute approximate surface area is 175 Å². The van der Waals surface area contributed by atoms with Crippen LogP contribution < -0.4 is 4.52 Å². The quantitative estimate of drug-likeness (QED) is 0.449. The van der Waals surface area contributed by atoms with Gasteiger partial charge in [0.1, 0.15) is 11.2 Å². The first kappa shape index (κ1) is 26.5. The molecule has 2 unspecified atom stereocenters. The first-order valence-corrected chi connectivity index (χ1v) is 15.4. The van der Waals surface area contributed by atoms with Crippen molar-refractivity contribution < 1.29 is 27.9 Å². The van der Waals surface area contributed by atoms with Gasteiger partial charge < -0.3 is 13.8 Å². The number of carbonyl (C=O) groups is 2. The van der Waals surface area contributed by atoms with E-state index in [1.54, 1.807) is 25.7 Å². The molecule has 2 amide bonds. The van der Waals surface area contributed by atoms with Crippen molar-refractivity contribution >= 4 is 59.5 Å². The van der Waals surface area contributed by atoms with Crippen LogP contribution in [0.15, 0.2) is 30.3 Å². The number of benzene rings is 1. The van der Waals surface area contributed by atoms with E-state index in [1.807, 2.05) is 18.2 Å². The molecule has 2 atom stereocenters. The van der Waals surface area contributed by atoms with Crippen LogP contribution in [0, 0.1) is 0 Å². The summed E-state index contributed by atoms with van der Waals surface area (Å²) in [5, 5.41) is 0. The van der Waals surface area contributed by atoms with E-state index in [0.717, 1.165) is 4.90 Å². The highest BCUT2D eigenvalue weighted by Gasteiger charge is 2.20. The predicted molar refractivity (Wildman–Crippen MR) is 119 cm³/mol. The molecule has 0 aliphatic heterocycles. The number of hydrogen-bond donors (Lipinski definition) is 1. The Hall–Kier alpha value is -0.500. The Morgan fingerprint density at radius 1 is 1.26 bits per heavy atom. The van der Waals surface area contributed by atoms with Crippen LogP contribution in [0.3, 0.4) is 0 Å². The second-order valence-electron chi connectivity index (χ2n) is 5.01. The molecule has 0 radical (unpaired) electrons. The number of amides is 2. The highest BCUT2D eigenvalue weighted by atomic mass is 32.9. The van der Waals surface area contributed by atoms with Gasteiger partial charge in [-0.1, -0.05) is 60.6 Å². The van der Waals surface area contributed by atoms with Crippen molar-refractivity contribution in [2.75, 3.05) is 39.8 Å². The first-order valence-electron chi connectivity index (χ1n) is 7.66. The number of nitrogens with zero attached hydrogens (tertiary/aromatic N) is 1. The average Bonchev–Trinajstić information content (AvgIpc) is 2.66. The molecule has 27 heavy (non-hydrogen) atoms. The molecule has 0 spiro atoms. The molecule has 0 bridgehead atoms. The molecule has 7 nitrogen and oxygen atoms in total. The molecule has 0 aromatic heterocycles. The molecule has 1 aromatic rings. The zero-order valence-electron chi connectivity index (χ0n) is 15.9. The lowest BCUT2D eigenvalue weighted by Crippen LogP contribution is -2.34.